The van der Waals surface area contributed by atoms with Crippen LogP contribution in [0.5, 0.6) is 0 Å². The van der Waals surface area contributed by atoms with Crippen LogP contribution in [0.1, 0.15) is 57.8 Å². The van der Waals surface area contributed by atoms with E-state index in [-0.39, 0.29) is 60.9 Å². The number of aryl methyl sites for hydroxylation is 1. The molecule has 46 heavy (non-hydrogen) atoms. The highest BCUT2D eigenvalue weighted by molar-refractivity contribution is 5.93. The molecule has 18 heteroatoms. The molecular weight excluding hydrogens is 615 g/mol. The van der Waals surface area contributed by atoms with E-state index in [0.29, 0.717) is 0 Å². The molecule has 0 unspecified atom stereocenters. The minimum Gasteiger partial charge on any atom is -0.461 e. The third-order valence-corrected chi connectivity index (χ3v) is 6.67. The topological polar surface area (TPSA) is 211 Å². The number of carbonyl (C=O) groups excluding carboxylic acids is 3. The molecule has 0 bridgehead atoms. The summed E-state index contributed by atoms with van der Waals surface area (Å²) < 4.78 is 46.7. The number of rotatable bonds is 10. The molecule has 3 aromatic heterocycles. The van der Waals surface area contributed by atoms with Crippen molar-refractivity contribution in [1.29, 1.82) is 0 Å². The summed E-state index contributed by atoms with van der Waals surface area (Å²) >= 11 is 0. The first-order chi connectivity index (χ1) is 21.6. The highest BCUT2D eigenvalue weighted by atomic mass is 19.1. The summed E-state index contributed by atoms with van der Waals surface area (Å²) in [5.41, 5.74) is -2.61. The van der Waals surface area contributed by atoms with Gasteiger partial charge in [-0.2, -0.15) is 14.4 Å². The van der Waals surface area contributed by atoms with Gasteiger partial charge in [-0.1, -0.05) is 5.92 Å². The van der Waals surface area contributed by atoms with Gasteiger partial charge in [-0.15, -0.1) is 6.42 Å². The number of imidazole rings is 1. The molecule has 3 atom stereocenters. The van der Waals surface area contributed by atoms with Crippen LogP contribution in [0.4, 0.5) is 19.8 Å². The molecule has 1 saturated heterocycles. The number of hydrogen-bond donors (Lipinski definition) is 2. The summed E-state index contributed by atoms with van der Waals surface area (Å²) in [6, 6.07) is 0. The SMILES string of the molecule is C#C[C@]1(COC(=O)CCCN(C)C(=O)OCc2oc(=O)oc2C)O[C@@H](n2cnc3c(NC(=O)OC(C)(C)C)nc(F)nc32)C[C@@H]1O. The number of carbonyl (C=O) groups is 3. The first-order valence-corrected chi connectivity index (χ1v) is 14.0. The molecule has 0 aromatic carbocycles. The average Bonchev–Trinajstić information content (AvgIpc) is 3.63. The van der Waals surface area contributed by atoms with Gasteiger partial charge in [0.05, 0.1) is 6.33 Å². The lowest BCUT2D eigenvalue weighted by atomic mass is 9.99. The fraction of sp³-hybridized carbons (Fsp3) is 0.536. The Labute approximate surface area is 261 Å². The Morgan fingerprint density at radius 3 is 2.67 bits per heavy atom. The van der Waals surface area contributed by atoms with Crippen LogP contribution < -0.4 is 11.1 Å². The van der Waals surface area contributed by atoms with Crippen molar-refractivity contribution in [3.63, 3.8) is 0 Å². The Bertz CT molecular complexity index is 1700. The van der Waals surface area contributed by atoms with E-state index < -0.39 is 60.2 Å². The van der Waals surface area contributed by atoms with Crippen LogP contribution in [-0.4, -0.2) is 85.2 Å². The summed E-state index contributed by atoms with van der Waals surface area (Å²) in [5, 5.41) is 13.2. The molecule has 0 aliphatic carbocycles. The van der Waals surface area contributed by atoms with E-state index in [1.54, 1.807) is 20.8 Å². The molecule has 4 rings (SSSR count). The van der Waals surface area contributed by atoms with Crippen molar-refractivity contribution in [2.75, 3.05) is 25.5 Å². The van der Waals surface area contributed by atoms with Gasteiger partial charge < -0.3 is 37.8 Å². The van der Waals surface area contributed by atoms with Crippen LogP contribution in [-0.2, 0) is 30.3 Å². The molecule has 17 nitrogen and oxygen atoms in total. The standard InChI is InChI=1S/C28H33FN6O11/c1-7-28(13-42-19(37)9-8-10-34(6)25(39)41-12-16-15(2)43-26(40)44-16)17(36)11-18(45-28)35-14-30-20-21(31-23(29)33-22(20)35)32-24(38)46-27(3,4)5/h1,14,17-18,36H,8-13H2,2-6H3,(H,31,32,33,38)/t17-,18+,28+/m0/s1. The van der Waals surface area contributed by atoms with E-state index in [9.17, 15) is 28.7 Å². The Kier molecular flexibility index (Phi) is 9.97. The Hall–Kier alpha value is -5.02. The molecule has 1 aliphatic heterocycles. The van der Waals surface area contributed by atoms with Crippen molar-refractivity contribution in [3.05, 3.63) is 34.5 Å². The first kappa shape index (κ1) is 33.9. The molecule has 4 heterocycles. The van der Waals surface area contributed by atoms with Crippen molar-refractivity contribution < 1.29 is 51.7 Å². The number of aromatic nitrogens is 4. The predicted octanol–water partition coefficient (Wildman–Crippen LogP) is 2.41. The van der Waals surface area contributed by atoms with Gasteiger partial charge in [0.25, 0.3) is 0 Å². The number of halogens is 1. The fourth-order valence-corrected chi connectivity index (χ4v) is 4.37. The van der Waals surface area contributed by atoms with Gasteiger partial charge in [-0.05, 0) is 34.1 Å². The monoisotopic (exact) mass is 648 g/mol. The van der Waals surface area contributed by atoms with Gasteiger partial charge in [0, 0.05) is 26.4 Å². The van der Waals surface area contributed by atoms with E-state index in [1.165, 1.54) is 29.8 Å². The zero-order chi connectivity index (χ0) is 33.8. The van der Waals surface area contributed by atoms with Crippen molar-refractivity contribution in [3.8, 4) is 12.3 Å². The number of aliphatic hydroxyl groups excluding tert-OH is 1. The van der Waals surface area contributed by atoms with Crippen molar-refractivity contribution in [2.45, 2.75) is 77.1 Å². The van der Waals surface area contributed by atoms with Crippen LogP contribution in [0, 0.1) is 25.3 Å². The maximum atomic E-state index is 14.4. The maximum Gasteiger partial charge on any atom is 0.519 e. The number of aliphatic hydroxyl groups is 1. The number of terminal acetylenes is 1. The quantitative estimate of drug-likeness (QED) is 0.140. The van der Waals surface area contributed by atoms with E-state index in [4.69, 9.17) is 34.2 Å². The predicted molar refractivity (Wildman–Crippen MR) is 152 cm³/mol. The van der Waals surface area contributed by atoms with Crippen molar-refractivity contribution in [1.82, 2.24) is 24.4 Å². The molecule has 0 spiro atoms. The van der Waals surface area contributed by atoms with Gasteiger partial charge in [0.2, 0.25) is 0 Å². The first-order valence-electron chi connectivity index (χ1n) is 14.0. The summed E-state index contributed by atoms with van der Waals surface area (Å²) in [5.74, 6) is 0.799. The zero-order valence-corrected chi connectivity index (χ0v) is 25.7. The summed E-state index contributed by atoms with van der Waals surface area (Å²) in [4.78, 5) is 60.7. The van der Waals surface area contributed by atoms with Gasteiger partial charge >= 0.3 is 30.1 Å². The van der Waals surface area contributed by atoms with Gasteiger partial charge in [-0.25, -0.2) is 19.4 Å². The van der Waals surface area contributed by atoms with Crippen LogP contribution in [0.25, 0.3) is 11.2 Å². The highest BCUT2D eigenvalue weighted by Gasteiger charge is 2.49. The second-order valence-corrected chi connectivity index (χ2v) is 11.3. The lowest BCUT2D eigenvalue weighted by Gasteiger charge is -2.26. The largest absolute Gasteiger partial charge is 0.519 e. The second-order valence-electron chi connectivity index (χ2n) is 11.3. The molecule has 248 valence electrons. The van der Waals surface area contributed by atoms with Crippen LogP contribution in [0.15, 0.2) is 20.0 Å². The van der Waals surface area contributed by atoms with Gasteiger partial charge in [0.15, 0.2) is 40.7 Å². The van der Waals surface area contributed by atoms with E-state index in [0.717, 1.165) is 0 Å². The molecule has 0 saturated carbocycles. The number of anilines is 1. The molecule has 2 N–H and O–H groups in total. The number of nitrogens with zero attached hydrogens (tertiary/aromatic N) is 5. The number of amides is 2. The minimum atomic E-state index is -1.75. The van der Waals surface area contributed by atoms with Gasteiger partial charge in [0.1, 0.15) is 24.5 Å². The Balaban J connectivity index is 1.32. The lowest BCUT2D eigenvalue weighted by molar-refractivity contribution is -0.156. The molecule has 2 amide bonds. The van der Waals surface area contributed by atoms with Gasteiger partial charge in [-0.3, -0.25) is 14.7 Å². The molecule has 1 aliphatic rings. The molecule has 0 radical (unpaired) electrons. The van der Waals surface area contributed by atoms with Crippen molar-refractivity contribution >= 4 is 35.1 Å². The second kappa shape index (κ2) is 13.5. The summed E-state index contributed by atoms with van der Waals surface area (Å²) in [6.07, 6.45) is 1.86. The average molecular weight is 649 g/mol. The molecule has 3 aromatic rings. The number of ether oxygens (including phenoxy) is 4. The van der Waals surface area contributed by atoms with Crippen molar-refractivity contribution in [2.24, 2.45) is 0 Å². The van der Waals surface area contributed by atoms with Crippen LogP contribution in [0.3, 0.4) is 0 Å². The Morgan fingerprint density at radius 2 is 2.02 bits per heavy atom. The maximum absolute atomic E-state index is 14.4. The third-order valence-electron chi connectivity index (χ3n) is 6.67. The highest BCUT2D eigenvalue weighted by Crippen LogP contribution is 2.38. The summed E-state index contributed by atoms with van der Waals surface area (Å²) in [7, 11) is 1.45. The third kappa shape index (κ3) is 7.97. The lowest BCUT2D eigenvalue weighted by Crippen LogP contribution is -2.43. The smallest absolute Gasteiger partial charge is 0.461 e. The number of hydrogen-bond acceptors (Lipinski definition) is 14. The fourth-order valence-electron chi connectivity index (χ4n) is 4.37. The minimum absolute atomic E-state index is 0.0204. The van der Waals surface area contributed by atoms with E-state index >= 15 is 0 Å². The van der Waals surface area contributed by atoms with E-state index in [2.05, 4.69) is 26.2 Å². The zero-order valence-electron chi connectivity index (χ0n) is 25.7. The summed E-state index contributed by atoms with van der Waals surface area (Å²) in [6.45, 7) is 5.77. The van der Waals surface area contributed by atoms with Crippen LogP contribution >= 0.6 is 0 Å². The van der Waals surface area contributed by atoms with E-state index in [1.807, 2.05) is 0 Å². The number of fused-ring (bicyclic) bond motifs is 1. The molecular formula is C28H33FN6O11. The normalized spacial score (nSPS) is 19.4. The van der Waals surface area contributed by atoms with Crippen LogP contribution in [0.2, 0.25) is 0 Å². The Morgan fingerprint density at radius 1 is 1.28 bits per heavy atom. The molecule has 1 fully saturated rings. The number of esters is 1. The number of nitrogens with one attached hydrogen (secondary N) is 1.